The molecule has 3 aliphatic heterocycles. The molecule has 2 saturated carbocycles. The van der Waals surface area contributed by atoms with E-state index in [1.807, 2.05) is 0 Å². The summed E-state index contributed by atoms with van der Waals surface area (Å²) in [4.78, 5) is 61.1. The highest BCUT2D eigenvalue weighted by Crippen LogP contribution is 2.46. The van der Waals surface area contributed by atoms with Gasteiger partial charge < -0.3 is 59.7 Å². The van der Waals surface area contributed by atoms with Gasteiger partial charge in [-0.3, -0.25) is 18.6 Å². The van der Waals surface area contributed by atoms with Crippen LogP contribution in [0.5, 0.6) is 0 Å². The Balaban J connectivity index is 0.000000207. The molecule has 45 heavy (non-hydrogen) atoms. The van der Waals surface area contributed by atoms with Crippen molar-refractivity contribution in [1.82, 2.24) is 20.4 Å². The van der Waals surface area contributed by atoms with Gasteiger partial charge in [-0.2, -0.15) is 0 Å². The van der Waals surface area contributed by atoms with E-state index in [0.29, 0.717) is 12.2 Å². The van der Waals surface area contributed by atoms with Crippen molar-refractivity contribution in [3.8, 4) is 0 Å². The van der Waals surface area contributed by atoms with Gasteiger partial charge in [0.2, 0.25) is 0 Å². The second-order valence-electron chi connectivity index (χ2n) is 11.6. The predicted molar refractivity (Wildman–Crippen MR) is 152 cm³/mol. The average Bonchev–Trinajstić information content (AvgIpc) is 3.49. The molecule has 5 aliphatic rings. The maximum atomic E-state index is 11.4. The SMILES string of the molecule is C=C1NC(=O)C=CN1[C@@H]1C[C@H](COP(=O)(O)O)[C@@H](O)[C@H]1O.C=C1NC(=O)C=CN1[C@@H]1C[C@H](COP(=O)(O)O)[C@H]2OC(C)(C)O[C@H]21. The number of hydrogen-bond donors (Lipinski definition) is 8. The Hall–Kier alpha value is -2.44. The van der Waals surface area contributed by atoms with Crippen LogP contribution in [0.2, 0.25) is 0 Å². The third-order valence-corrected chi connectivity index (χ3v) is 8.85. The molecule has 18 nitrogen and oxygen atoms in total. The Morgan fingerprint density at radius 2 is 1.27 bits per heavy atom. The first-order valence-corrected chi connectivity index (χ1v) is 16.9. The first-order valence-electron chi connectivity index (χ1n) is 13.8. The molecule has 2 aliphatic carbocycles. The van der Waals surface area contributed by atoms with E-state index in [0.717, 1.165) is 0 Å². The molecule has 0 aromatic heterocycles. The molecule has 8 N–H and O–H groups in total. The molecule has 5 rings (SSSR count). The van der Waals surface area contributed by atoms with E-state index in [-0.39, 0.29) is 61.4 Å². The summed E-state index contributed by atoms with van der Waals surface area (Å²) < 4.78 is 42.6. The van der Waals surface area contributed by atoms with E-state index in [2.05, 4.69) is 32.8 Å². The molecule has 252 valence electrons. The number of fused-ring (bicyclic) bond motifs is 1. The minimum absolute atomic E-state index is 0.141. The lowest BCUT2D eigenvalue weighted by Crippen LogP contribution is -2.45. The minimum Gasteiger partial charge on any atom is -0.390 e. The number of phosphoric acid groups is 2. The highest BCUT2D eigenvalue weighted by molar-refractivity contribution is 7.46. The monoisotopic (exact) mass is 680 g/mol. The number of rotatable bonds is 8. The summed E-state index contributed by atoms with van der Waals surface area (Å²) in [5.74, 6) is -1.61. The largest absolute Gasteiger partial charge is 0.469 e. The summed E-state index contributed by atoms with van der Waals surface area (Å²) in [7, 11) is -9.19. The predicted octanol–water partition coefficient (Wildman–Crippen LogP) is -0.956. The van der Waals surface area contributed by atoms with Crippen LogP contribution in [0, 0.1) is 11.8 Å². The summed E-state index contributed by atoms with van der Waals surface area (Å²) in [5.41, 5.74) is 0. The van der Waals surface area contributed by atoms with Gasteiger partial charge in [0.25, 0.3) is 11.8 Å². The van der Waals surface area contributed by atoms with Crippen LogP contribution in [-0.2, 0) is 37.2 Å². The average molecular weight is 681 g/mol. The summed E-state index contributed by atoms with van der Waals surface area (Å²) in [6.07, 6.45) is 3.41. The maximum Gasteiger partial charge on any atom is 0.469 e. The van der Waals surface area contributed by atoms with Crippen molar-refractivity contribution < 1.29 is 67.0 Å². The van der Waals surface area contributed by atoms with Crippen molar-refractivity contribution in [1.29, 1.82) is 0 Å². The zero-order valence-electron chi connectivity index (χ0n) is 24.4. The lowest BCUT2D eigenvalue weighted by Gasteiger charge is -2.34. The van der Waals surface area contributed by atoms with Crippen LogP contribution in [0.1, 0.15) is 26.7 Å². The van der Waals surface area contributed by atoms with Crippen LogP contribution < -0.4 is 10.6 Å². The lowest BCUT2D eigenvalue weighted by atomic mass is 10.1. The number of aliphatic hydroxyl groups excluding tert-OH is 2. The Kier molecular flexibility index (Phi) is 10.5. The van der Waals surface area contributed by atoms with Gasteiger partial charge in [0.1, 0.15) is 23.8 Å². The molecule has 3 heterocycles. The van der Waals surface area contributed by atoms with Gasteiger partial charge in [0.05, 0.1) is 37.5 Å². The molecule has 0 aromatic carbocycles. The molecule has 8 atom stereocenters. The lowest BCUT2D eigenvalue weighted by molar-refractivity contribution is -0.162. The Morgan fingerprint density at radius 3 is 1.76 bits per heavy atom. The molecule has 0 radical (unpaired) electrons. The fourth-order valence-electron chi connectivity index (χ4n) is 6.01. The van der Waals surface area contributed by atoms with Crippen LogP contribution in [0.3, 0.4) is 0 Å². The highest BCUT2D eigenvalue weighted by atomic mass is 31.2. The quantitative estimate of drug-likeness (QED) is 0.144. The van der Waals surface area contributed by atoms with E-state index < -0.39 is 45.6 Å². The van der Waals surface area contributed by atoms with E-state index in [9.17, 15) is 28.9 Å². The Labute approximate surface area is 258 Å². The number of amides is 2. The smallest absolute Gasteiger partial charge is 0.390 e. The van der Waals surface area contributed by atoms with E-state index in [1.165, 1.54) is 23.3 Å². The van der Waals surface area contributed by atoms with Gasteiger partial charge in [0.15, 0.2) is 5.79 Å². The normalized spacial score (nSPS) is 34.4. The topological polar surface area (TPSA) is 257 Å². The van der Waals surface area contributed by atoms with Crippen molar-refractivity contribution >= 4 is 27.5 Å². The zero-order chi connectivity index (χ0) is 33.5. The number of carbonyl (C=O) groups excluding carboxylic acids is 2. The van der Waals surface area contributed by atoms with E-state index >= 15 is 0 Å². The van der Waals surface area contributed by atoms with Crippen molar-refractivity contribution in [2.45, 2.75) is 69.0 Å². The molecular weight excluding hydrogens is 642 g/mol. The number of hydrogen-bond acceptors (Lipinski definition) is 12. The zero-order valence-corrected chi connectivity index (χ0v) is 26.2. The fourth-order valence-corrected chi connectivity index (χ4v) is 6.78. The number of aliphatic hydroxyl groups is 2. The highest BCUT2D eigenvalue weighted by Gasteiger charge is 2.56. The van der Waals surface area contributed by atoms with Gasteiger partial charge in [0, 0.05) is 36.4 Å². The van der Waals surface area contributed by atoms with Crippen molar-refractivity contribution in [3.63, 3.8) is 0 Å². The first kappa shape index (κ1) is 35.4. The molecule has 0 aromatic rings. The molecule has 2 amide bonds. The van der Waals surface area contributed by atoms with E-state index in [4.69, 9.17) is 29.0 Å². The van der Waals surface area contributed by atoms with Gasteiger partial charge in [-0.05, 0) is 26.7 Å². The fraction of sp³-hybridized carbons (Fsp3) is 0.600. The van der Waals surface area contributed by atoms with Crippen molar-refractivity contribution in [2.75, 3.05) is 13.2 Å². The number of nitrogens with zero attached hydrogens (tertiary/aromatic N) is 2. The molecule has 0 bridgehead atoms. The third-order valence-electron chi connectivity index (χ3n) is 7.88. The van der Waals surface area contributed by atoms with Gasteiger partial charge >= 0.3 is 15.6 Å². The second-order valence-corrected chi connectivity index (χ2v) is 14.0. The van der Waals surface area contributed by atoms with Crippen molar-refractivity contribution in [3.05, 3.63) is 49.4 Å². The van der Waals surface area contributed by atoms with Crippen LogP contribution in [0.4, 0.5) is 0 Å². The number of carbonyl (C=O) groups is 2. The van der Waals surface area contributed by atoms with Crippen LogP contribution >= 0.6 is 15.6 Å². The maximum absolute atomic E-state index is 11.4. The summed E-state index contributed by atoms with van der Waals surface area (Å²) in [6.45, 7) is 10.5. The first-order chi connectivity index (χ1) is 20.7. The van der Waals surface area contributed by atoms with Crippen LogP contribution in [0.15, 0.2) is 49.4 Å². The van der Waals surface area contributed by atoms with Crippen LogP contribution in [-0.4, -0.2) is 107 Å². The minimum atomic E-state index is -4.63. The van der Waals surface area contributed by atoms with Crippen LogP contribution in [0.25, 0.3) is 0 Å². The molecule has 1 saturated heterocycles. The molecule has 0 unspecified atom stereocenters. The molecular formula is C25H38N4O14P2. The Morgan fingerprint density at radius 1 is 0.822 bits per heavy atom. The second kappa shape index (κ2) is 13.4. The van der Waals surface area contributed by atoms with Crippen molar-refractivity contribution in [2.24, 2.45) is 11.8 Å². The standard InChI is InChI=1S/C14H21N2O7P.C11H17N2O7P/c1-8-15-11(17)4-5-16(8)10-6-9(7-21-24(18,19)20)12-13(10)23-14(2,3)22-12;1-6-12-9(14)2-3-13(6)8-4-7(10(15)11(8)16)5-20-21(17,18)19/h4-5,9-10,12-13H,1,6-7H2,2-3H3,(H,15,17)(H2,18,19,20);2-3,7-8,10-11,15-16H,1,4-5H2,(H,12,14)(H2,17,18,19)/t9-,10-,12-,13+;7-,8-,10-,11+/m11/s1. The summed E-state index contributed by atoms with van der Waals surface area (Å²) in [6, 6.07) is -0.763. The number of phosphoric ester groups is 2. The number of ether oxygens (including phenoxy) is 2. The third kappa shape index (κ3) is 8.88. The van der Waals surface area contributed by atoms with E-state index in [1.54, 1.807) is 24.9 Å². The van der Waals surface area contributed by atoms with Gasteiger partial charge in [-0.15, -0.1) is 0 Å². The molecule has 0 spiro atoms. The summed E-state index contributed by atoms with van der Waals surface area (Å²) >= 11 is 0. The summed E-state index contributed by atoms with van der Waals surface area (Å²) in [5, 5.41) is 25.1. The Bertz CT molecular complexity index is 1340. The van der Waals surface area contributed by atoms with Gasteiger partial charge in [-0.25, -0.2) is 9.13 Å². The number of nitrogens with one attached hydrogen (secondary N) is 2. The van der Waals surface area contributed by atoms with Gasteiger partial charge in [-0.1, -0.05) is 13.2 Å². The molecule has 3 fully saturated rings. The molecule has 20 heteroatoms.